The average Bonchev–Trinajstić information content (AvgIpc) is 2.44. The lowest BCUT2D eigenvalue weighted by atomic mass is 10.1. The van der Waals surface area contributed by atoms with Crippen LogP contribution in [-0.2, 0) is 21.5 Å². The van der Waals surface area contributed by atoms with E-state index in [4.69, 9.17) is 5.11 Å². The molecule has 118 valence electrons. The van der Waals surface area contributed by atoms with Gasteiger partial charge >= 0.3 is 5.97 Å². The number of hydrogen-bond donors (Lipinski definition) is 2. The van der Waals surface area contributed by atoms with E-state index >= 15 is 0 Å². The largest absolute Gasteiger partial charge is 0.481 e. The van der Waals surface area contributed by atoms with Gasteiger partial charge in [0.05, 0.1) is 5.92 Å². The highest BCUT2D eigenvalue weighted by molar-refractivity contribution is 7.87. The van der Waals surface area contributed by atoms with Crippen molar-refractivity contribution in [3.05, 3.63) is 35.9 Å². The van der Waals surface area contributed by atoms with Gasteiger partial charge in [-0.2, -0.15) is 12.7 Å². The third kappa shape index (κ3) is 5.82. The quantitative estimate of drug-likeness (QED) is 0.722. The summed E-state index contributed by atoms with van der Waals surface area (Å²) in [6, 6.07) is 9.21. The number of carbonyl (C=O) groups is 1. The molecule has 1 aromatic rings. The molecule has 1 unspecified atom stereocenters. The van der Waals surface area contributed by atoms with Crippen molar-refractivity contribution in [2.24, 2.45) is 5.92 Å². The molecule has 0 saturated carbocycles. The van der Waals surface area contributed by atoms with Gasteiger partial charge in [-0.3, -0.25) is 4.79 Å². The number of carboxylic acids is 1. The van der Waals surface area contributed by atoms with Crippen molar-refractivity contribution in [1.82, 2.24) is 9.03 Å². The van der Waals surface area contributed by atoms with Crippen LogP contribution >= 0.6 is 0 Å². The minimum atomic E-state index is -3.69. The summed E-state index contributed by atoms with van der Waals surface area (Å²) in [5.74, 6) is -1.68. The van der Waals surface area contributed by atoms with E-state index in [9.17, 15) is 13.2 Å². The lowest BCUT2D eigenvalue weighted by molar-refractivity contribution is -0.141. The van der Waals surface area contributed by atoms with Gasteiger partial charge in [-0.05, 0) is 12.0 Å². The molecule has 1 aromatic carbocycles. The standard InChI is InChI=1S/C14H22N2O4S/c1-3-7-13(14(17)18)10-15-21(19,20)16(2)11-12-8-5-4-6-9-12/h4-6,8-9,13,15H,3,7,10-11H2,1-2H3,(H,17,18). The van der Waals surface area contributed by atoms with Crippen LogP contribution in [0.2, 0.25) is 0 Å². The van der Waals surface area contributed by atoms with Gasteiger partial charge in [0.25, 0.3) is 10.2 Å². The van der Waals surface area contributed by atoms with Crippen LogP contribution in [0.3, 0.4) is 0 Å². The summed E-state index contributed by atoms with van der Waals surface area (Å²) in [6.07, 6.45) is 1.14. The van der Waals surface area contributed by atoms with Crippen LogP contribution in [-0.4, -0.2) is 37.4 Å². The Morgan fingerprint density at radius 2 is 1.95 bits per heavy atom. The van der Waals surface area contributed by atoms with Crippen LogP contribution in [0.15, 0.2) is 30.3 Å². The lowest BCUT2D eigenvalue weighted by Gasteiger charge is -2.19. The van der Waals surface area contributed by atoms with Gasteiger partial charge in [-0.15, -0.1) is 0 Å². The molecule has 7 heteroatoms. The maximum atomic E-state index is 12.1. The van der Waals surface area contributed by atoms with Gasteiger partial charge < -0.3 is 5.11 Å². The van der Waals surface area contributed by atoms with E-state index in [1.807, 2.05) is 37.3 Å². The van der Waals surface area contributed by atoms with Gasteiger partial charge in [0, 0.05) is 20.1 Å². The molecule has 1 rings (SSSR count). The fourth-order valence-electron chi connectivity index (χ4n) is 1.90. The minimum Gasteiger partial charge on any atom is -0.481 e. The fourth-order valence-corrected chi connectivity index (χ4v) is 2.85. The Kier molecular flexibility index (Phi) is 6.80. The van der Waals surface area contributed by atoms with E-state index in [0.29, 0.717) is 12.8 Å². The molecule has 0 aromatic heterocycles. The van der Waals surface area contributed by atoms with Crippen molar-refractivity contribution in [2.75, 3.05) is 13.6 Å². The second-order valence-corrected chi connectivity index (χ2v) is 6.78. The number of nitrogens with zero attached hydrogens (tertiary/aromatic N) is 1. The second-order valence-electron chi connectivity index (χ2n) is 4.92. The van der Waals surface area contributed by atoms with Gasteiger partial charge in [-0.25, -0.2) is 4.72 Å². The molecule has 0 aliphatic carbocycles. The molecule has 0 fully saturated rings. The molecule has 0 saturated heterocycles. The Bertz CT molecular complexity index is 545. The van der Waals surface area contributed by atoms with Crippen LogP contribution < -0.4 is 4.72 Å². The number of nitrogens with one attached hydrogen (secondary N) is 1. The monoisotopic (exact) mass is 314 g/mol. The Morgan fingerprint density at radius 1 is 1.33 bits per heavy atom. The minimum absolute atomic E-state index is 0.0926. The van der Waals surface area contributed by atoms with E-state index in [1.54, 1.807) is 0 Å². The second kappa shape index (κ2) is 8.11. The molecule has 0 bridgehead atoms. The third-order valence-corrected chi connectivity index (χ3v) is 4.64. The SMILES string of the molecule is CCCC(CNS(=O)(=O)N(C)Cc1ccccc1)C(=O)O. The molecule has 6 nitrogen and oxygen atoms in total. The van der Waals surface area contributed by atoms with Crippen molar-refractivity contribution in [3.63, 3.8) is 0 Å². The maximum absolute atomic E-state index is 12.1. The third-order valence-electron chi connectivity index (χ3n) is 3.16. The molecule has 2 N–H and O–H groups in total. The Hall–Kier alpha value is -1.44. The summed E-state index contributed by atoms with van der Waals surface area (Å²) in [6.45, 7) is 2.01. The number of hydrogen-bond acceptors (Lipinski definition) is 3. The van der Waals surface area contributed by atoms with Crippen LogP contribution in [0, 0.1) is 5.92 Å². The normalized spacial score (nSPS) is 13.3. The first-order valence-electron chi connectivity index (χ1n) is 6.84. The number of carboxylic acid groups (broad SMARTS) is 1. The Labute approximate surface area is 126 Å². The van der Waals surface area contributed by atoms with Crippen LogP contribution in [0.5, 0.6) is 0 Å². The van der Waals surface area contributed by atoms with Gasteiger partial charge in [0.2, 0.25) is 0 Å². The van der Waals surface area contributed by atoms with Gasteiger partial charge in [0.1, 0.15) is 0 Å². The molecular weight excluding hydrogens is 292 g/mol. The highest BCUT2D eigenvalue weighted by atomic mass is 32.2. The molecule has 0 amide bonds. The van der Waals surface area contributed by atoms with Gasteiger partial charge in [0.15, 0.2) is 0 Å². The topological polar surface area (TPSA) is 86.7 Å². The molecule has 0 spiro atoms. The van der Waals surface area contributed by atoms with Crippen molar-refractivity contribution < 1.29 is 18.3 Å². The van der Waals surface area contributed by atoms with E-state index in [-0.39, 0.29) is 13.1 Å². The molecule has 0 heterocycles. The summed E-state index contributed by atoms with van der Waals surface area (Å²) in [4.78, 5) is 11.0. The van der Waals surface area contributed by atoms with Crippen LogP contribution in [0.4, 0.5) is 0 Å². The predicted molar refractivity (Wildman–Crippen MR) is 80.9 cm³/mol. The summed E-state index contributed by atoms with van der Waals surface area (Å²) in [7, 11) is -2.22. The van der Waals surface area contributed by atoms with E-state index < -0.39 is 22.1 Å². The van der Waals surface area contributed by atoms with E-state index in [1.165, 1.54) is 11.4 Å². The fraction of sp³-hybridized carbons (Fsp3) is 0.500. The highest BCUT2D eigenvalue weighted by Gasteiger charge is 2.22. The van der Waals surface area contributed by atoms with E-state index in [2.05, 4.69) is 4.72 Å². The van der Waals surface area contributed by atoms with Crippen molar-refractivity contribution >= 4 is 16.2 Å². The molecule has 1 atom stereocenters. The summed E-state index contributed by atoms with van der Waals surface area (Å²) in [5, 5.41) is 9.03. The molecule has 0 aliphatic rings. The molecule has 21 heavy (non-hydrogen) atoms. The summed E-state index contributed by atoms with van der Waals surface area (Å²) < 4.78 is 27.7. The molecular formula is C14H22N2O4S. The molecule has 0 aliphatic heterocycles. The maximum Gasteiger partial charge on any atom is 0.307 e. The van der Waals surface area contributed by atoms with Crippen molar-refractivity contribution in [3.8, 4) is 0 Å². The zero-order valence-corrected chi connectivity index (χ0v) is 13.1. The van der Waals surface area contributed by atoms with Crippen molar-refractivity contribution in [2.45, 2.75) is 26.3 Å². The van der Waals surface area contributed by atoms with Crippen LogP contribution in [0.25, 0.3) is 0 Å². The first-order valence-corrected chi connectivity index (χ1v) is 8.28. The number of rotatable bonds is 9. The molecule has 0 radical (unpaired) electrons. The summed E-state index contributed by atoms with van der Waals surface area (Å²) in [5.41, 5.74) is 0.869. The number of aliphatic carboxylic acids is 1. The first kappa shape index (κ1) is 17.6. The van der Waals surface area contributed by atoms with E-state index in [0.717, 1.165) is 5.56 Å². The zero-order chi connectivity index (χ0) is 15.9. The summed E-state index contributed by atoms with van der Waals surface area (Å²) >= 11 is 0. The Morgan fingerprint density at radius 3 is 2.48 bits per heavy atom. The van der Waals surface area contributed by atoms with Crippen molar-refractivity contribution in [1.29, 1.82) is 0 Å². The smallest absolute Gasteiger partial charge is 0.307 e. The average molecular weight is 314 g/mol. The highest BCUT2D eigenvalue weighted by Crippen LogP contribution is 2.09. The number of benzene rings is 1. The predicted octanol–water partition coefficient (Wildman–Crippen LogP) is 1.45. The first-order chi connectivity index (χ1) is 9.86. The van der Waals surface area contributed by atoms with Crippen LogP contribution in [0.1, 0.15) is 25.3 Å². The zero-order valence-electron chi connectivity index (χ0n) is 12.3. The van der Waals surface area contributed by atoms with Gasteiger partial charge in [-0.1, -0.05) is 43.7 Å². The lowest BCUT2D eigenvalue weighted by Crippen LogP contribution is -2.41. The Balaban J connectivity index is 2.61.